The zero-order chi connectivity index (χ0) is 30.9. The van der Waals surface area contributed by atoms with Crippen LogP contribution >= 0.6 is 7.14 Å². The largest absolute Gasteiger partial charge is 0.494 e. The molecule has 2 aromatic carbocycles. The van der Waals surface area contributed by atoms with Gasteiger partial charge in [-0.15, -0.1) is 0 Å². The van der Waals surface area contributed by atoms with Gasteiger partial charge in [0.05, 0.1) is 29.9 Å². The smallest absolute Gasteiger partial charge is 0.247 e. The third-order valence-electron chi connectivity index (χ3n) is 7.05. The quantitative estimate of drug-likeness (QED) is 0.151. The van der Waals surface area contributed by atoms with Crippen molar-refractivity contribution < 1.29 is 14.1 Å². The lowest BCUT2D eigenvalue weighted by atomic mass is 10.2. The van der Waals surface area contributed by atoms with E-state index in [4.69, 9.17) is 9.72 Å². The van der Waals surface area contributed by atoms with E-state index in [0.717, 1.165) is 48.4 Å². The van der Waals surface area contributed by atoms with Crippen LogP contribution in [0.5, 0.6) is 5.75 Å². The molecule has 226 valence electrons. The van der Waals surface area contributed by atoms with Crippen LogP contribution in [-0.2, 0) is 15.8 Å². The summed E-state index contributed by atoms with van der Waals surface area (Å²) < 4.78 is 18.7. The monoisotopic (exact) mass is 593 g/mol. The third kappa shape index (κ3) is 8.33. The van der Waals surface area contributed by atoms with Gasteiger partial charge in [-0.25, -0.2) is 4.98 Å². The fourth-order valence-electron chi connectivity index (χ4n) is 4.52. The Morgan fingerprint density at radius 1 is 1.05 bits per heavy atom. The van der Waals surface area contributed by atoms with E-state index < -0.39 is 7.14 Å². The number of rotatable bonds is 15. The number of carbonyl (C=O) groups excluding carboxylic acids is 1. The number of para-hydroxylation sites is 1. The highest BCUT2D eigenvalue weighted by atomic mass is 31.2. The molecule has 10 nitrogen and oxygen atoms in total. The molecule has 0 fully saturated rings. The zero-order valence-corrected chi connectivity index (χ0v) is 26.7. The zero-order valence-electron chi connectivity index (χ0n) is 25.8. The Morgan fingerprint density at radius 2 is 1.76 bits per heavy atom. The summed E-state index contributed by atoms with van der Waals surface area (Å²) in [7, 11) is 1.06. The summed E-state index contributed by atoms with van der Waals surface area (Å²) in [6.07, 6.45) is 3.71. The molecule has 1 aromatic heterocycles. The maximum absolute atomic E-state index is 12.9. The minimum Gasteiger partial charge on any atom is -0.494 e. The number of nitrogens with one attached hydrogen (secondary N) is 3. The van der Waals surface area contributed by atoms with Gasteiger partial charge in [0.15, 0.2) is 0 Å². The topological polar surface area (TPSA) is 112 Å². The van der Waals surface area contributed by atoms with Crippen molar-refractivity contribution in [2.45, 2.75) is 27.2 Å². The van der Waals surface area contributed by atoms with Crippen molar-refractivity contribution in [1.29, 1.82) is 0 Å². The Morgan fingerprint density at radius 3 is 2.38 bits per heavy atom. The summed E-state index contributed by atoms with van der Waals surface area (Å²) >= 11 is 0. The van der Waals surface area contributed by atoms with Crippen LogP contribution in [0.1, 0.15) is 26.3 Å². The summed E-state index contributed by atoms with van der Waals surface area (Å²) in [5.74, 6) is 1.20. The second kappa shape index (κ2) is 14.8. The van der Waals surface area contributed by atoms with Crippen molar-refractivity contribution in [3.63, 3.8) is 0 Å². The molecule has 1 amide bonds. The lowest BCUT2D eigenvalue weighted by molar-refractivity contribution is -0.111. The van der Waals surface area contributed by atoms with Crippen LogP contribution < -0.4 is 30.9 Å². The van der Waals surface area contributed by atoms with Gasteiger partial charge in [-0.2, -0.15) is 4.98 Å². The van der Waals surface area contributed by atoms with Crippen LogP contribution in [0.25, 0.3) is 0 Å². The number of hydrogen-bond acceptors (Lipinski definition) is 9. The molecule has 3 N–H and O–H groups in total. The van der Waals surface area contributed by atoms with Gasteiger partial charge in [-0.3, -0.25) is 4.79 Å². The van der Waals surface area contributed by atoms with E-state index in [-0.39, 0.29) is 5.91 Å². The molecule has 0 saturated carbocycles. The fraction of sp³-hybridized carbons (Fsp3) is 0.387. The number of aromatic nitrogens is 2. The number of amides is 1. The van der Waals surface area contributed by atoms with Crippen LogP contribution in [0.2, 0.25) is 0 Å². The molecule has 0 saturated heterocycles. The van der Waals surface area contributed by atoms with Crippen molar-refractivity contribution in [3.8, 4) is 5.75 Å². The first-order valence-electron chi connectivity index (χ1n) is 14.2. The van der Waals surface area contributed by atoms with Gasteiger partial charge in [-0.05, 0) is 57.1 Å². The minimum absolute atomic E-state index is 0.317. The molecule has 42 heavy (non-hydrogen) atoms. The van der Waals surface area contributed by atoms with Crippen LogP contribution in [0.15, 0.2) is 55.3 Å². The van der Waals surface area contributed by atoms with Gasteiger partial charge in [0.1, 0.15) is 18.7 Å². The first-order chi connectivity index (χ1) is 20.0. The van der Waals surface area contributed by atoms with Gasteiger partial charge in [0, 0.05) is 43.3 Å². The van der Waals surface area contributed by atoms with E-state index >= 15 is 0 Å². The lowest BCUT2D eigenvalue weighted by Gasteiger charge is -2.27. The maximum atomic E-state index is 12.9. The Bertz CT molecular complexity index is 1440. The summed E-state index contributed by atoms with van der Waals surface area (Å²) in [6.45, 7) is 17.0. The summed E-state index contributed by atoms with van der Waals surface area (Å²) in [5, 5.41) is 10.3. The average Bonchev–Trinajstić information content (AvgIpc) is 2.97. The van der Waals surface area contributed by atoms with E-state index in [2.05, 4.69) is 51.2 Å². The molecule has 0 aliphatic heterocycles. The second-order valence-corrected chi connectivity index (χ2v) is 13.4. The number of ether oxygens (including phenoxy) is 1. The second-order valence-electron chi connectivity index (χ2n) is 10.3. The maximum Gasteiger partial charge on any atom is 0.247 e. The van der Waals surface area contributed by atoms with Crippen LogP contribution in [-0.4, -0.2) is 74.4 Å². The Labute approximate surface area is 250 Å². The first-order valence-corrected chi connectivity index (χ1v) is 16.8. The van der Waals surface area contributed by atoms with Crippen molar-refractivity contribution in [2.75, 3.05) is 74.5 Å². The van der Waals surface area contributed by atoms with Crippen LogP contribution in [0, 0.1) is 0 Å². The number of nitrogens with zero attached hydrogens (tertiary/aromatic N) is 4. The van der Waals surface area contributed by atoms with Gasteiger partial charge < -0.3 is 35.1 Å². The van der Waals surface area contributed by atoms with Crippen molar-refractivity contribution in [3.05, 3.63) is 60.8 Å². The van der Waals surface area contributed by atoms with Gasteiger partial charge in [0.2, 0.25) is 11.9 Å². The highest BCUT2D eigenvalue weighted by Gasteiger charge is 2.19. The highest BCUT2D eigenvalue weighted by molar-refractivity contribution is 7.70. The summed E-state index contributed by atoms with van der Waals surface area (Å²) in [6, 6.07) is 11.3. The molecule has 0 radical (unpaired) electrons. The summed E-state index contributed by atoms with van der Waals surface area (Å²) in [5.41, 5.74) is 3.65. The van der Waals surface area contributed by atoms with E-state index in [0.29, 0.717) is 35.3 Å². The minimum atomic E-state index is -2.53. The van der Waals surface area contributed by atoms with E-state index in [1.165, 1.54) is 6.08 Å². The number of likely N-dealkylation sites (N-methyl/N-ethyl adjacent to an activating group) is 2. The Hall–Kier alpha value is -3.88. The SMILES string of the molecule is C=CC(=O)Nc1cc(Nc2ncc(CC)c(Nc3ccccc3P(C)(C)=O)n2)c(OC)cc1N(C)CCN(CC)CC. The number of methoxy groups -OCH3 is 1. The molecular formula is C31H44N7O3P. The van der Waals surface area contributed by atoms with Crippen LogP contribution in [0.4, 0.5) is 34.5 Å². The molecule has 11 heteroatoms. The number of benzene rings is 2. The van der Waals surface area contributed by atoms with E-state index in [1.807, 2.05) is 50.4 Å². The summed E-state index contributed by atoms with van der Waals surface area (Å²) in [4.78, 5) is 26.1. The molecule has 0 spiro atoms. The number of hydrogen-bond donors (Lipinski definition) is 3. The van der Waals surface area contributed by atoms with Gasteiger partial charge >= 0.3 is 0 Å². The van der Waals surface area contributed by atoms with Crippen molar-refractivity contribution >= 4 is 52.9 Å². The van der Waals surface area contributed by atoms with E-state index in [1.54, 1.807) is 26.6 Å². The molecule has 0 aliphatic carbocycles. The molecule has 0 bridgehead atoms. The molecule has 0 unspecified atom stereocenters. The van der Waals surface area contributed by atoms with E-state index in [9.17, 15) is 9.36 Å². The van der Waals surface area contributed by atoms with Crippen LogP contribution in [0.3, 0.4) is 0 Å². The van der Waals surface area contributed by atoms with Crippen molar-refractivity contribution in [1.82, 2.24) is 14.9 Å². The standard InChI is InChI=1S/C31H44N7O3P/c1-9-22-21-32-31(36-30(22)34-23-15-13-14-16-28(23)42(7,8)40)35-25-19-24(33-29(39)10-2)26(20-27(25)41-6)37(5)17-18-38(11-3)12-4/h10,13-16,19-21H,2,9,11-12,17-18H2,1,3-8H3,(H,33,39)(H2,32,34,35,36). The average molecular weight is 594 g/mol. The highest BCUT2D eigenvalue weighted by Crippen LogP contribution is 2.39. The molecule has 3 aromatic rings. The first kappa shape index (κ1) is 32.6. The lowest BCUT2D eigenvalue weighted by Crippen LogP contribution is -2.33. The molecule has 0 aliphatic rings. The fourth-order valence-corrected chi connectivity index (χ4v) is 5.67. The predicted octanol–water partition coefficient (Wildman–Crippen LogP) is 5.69. The Balaban J connectivity index is 2.00. The number of carbonyl (C=O) groups is 1. The number of aryl methyl sites for hydroxylation is 1. The third-order valence-corrected chi connectivity index (χ3v) is 8.60. The van der Waals surface area contributed by atoms with Gasteiger partial charge in [0.25, 0.3) is 0 Å². The molecule has 1 heterocycles. The predicted molar refractivity (Wildman–Crippen MR) is 176 cm³/mol. The number of anilines is 6. The molecule has 3 rings (SSSR count). The Kier molecular flexibility index (Phi) is 11.5. The molecular weight excluding hydrogens is 549 g/mol. The van der Waals surface area contributed by atoms with Crippen molar-refractivity contribution in [2.24, 2.45) is 0 Å². The normalized spacial score (nSPS) is 11.2. The molecule has 0 atom stereocenters. The van der Waals surface area contributed by atoms with Gasteiger partial charge in [-0.1, -0.05) is 39.5 Å².